The predicted molar refractivity (Wildman–Crippen MR) is 72.4 cm³/mol. The van der Waals surface area contributed by atoms with Crippen molar-refractivity contribution in [2.75, 3.05) is 6.61 Å². The van der Waals surface area contributed by atoms with Crippen LogP contribution in [0.2, 0.25) is 0 Å². The van der Waals surface area contributed by atoms with Crippen molar-refractivity contribution in [2.24, 2.45) is 0 Å². The molecule has 5 nitrogen and oxygen atoms in total. The minimum absolute atomic E-state index is 0.0723. The van der Waals surface area contributed by atoms with E-state index in [0.717, 1.165) is 30.2 Å². The number of pyridine rings is 1. The first kappa shape index (κ1) is 12.5. The number of hydrogen-bond donors (Lipinski definition) is 0. The highest BCUT2D eigenvalue weighted by Gasteiger charge is 2.24. The minimum Gasteiger partial charge on any atom is -0.372 e. The summed E-state index contributed by atoms with van der Waals surface area (Å²) in [4.78, 5) is 15.4. The average molecular weight is 322 g/mol. The van der Waals surface area contributed by atoms with Gasteiger partial charge in [0.2, 0.25) is 0 Å². The van der Waals surface area contributed by atoms with Crippen molar-refractivity contribution in [2.45, 2.75) is 18.9 Å². The van der Waals surface area contributed by atoms with Crippen LogP contribution in [0.25, 0.3) is 5.82 Å². The van der Waals surface area contributed by atoms with Crippen molar-refractivity contribution in [3.8, 4) is 5.82 Å². The van der Waals surface area contributed by atoms with Gasteiger partial charge in [-0.05, 0) is 40.9 Å². The highest BCUT2D eigenvalue weighted by molar-refractivity contribution is 9.10. The first-order valence-electron chi connectivity index (χ1n) is 6.06. The molecule has 0 amide bonds. The van der Waals surface area contributed by atoms with Crippen LogP contribution in [0.1, 0.15) is 35.0 Å². The number of halogens is 1. The van der Waals surface area contributed by atoms with E-state index in [9.17, 15) is 4.79 Å². The van der Waals surface area contributed by atoms with Gasteiger partial charge in [-0.2, -0.15) is 5.10 Å². The topological polar surface area (TPSA) is 57.0 Å². The fourth-order valence-corrected chi connectivity index (χ4v) is 2.39. The molecule has 1 saturated heterocycles. The molecule has 0 N–H and O–H groups in total. The Hall–Kier alpha value is -1.53. The highest BCUT2D eigenvalue weighted by atomic mass is 79.9. The number of hydrogen-bond acceptors (Lipinski definition) is 4. The van der Waals surface area contributed by atoms with Crippen molar-refractivity contribution < 1.29 is 9.53 Å². The Morgan fingerprint density at radius 1 is 1.47 bits per heavy atom. The molecule has 98 valence electrons. The Morgan fingerprint density at radius 2 is 2.37 bits per heavy atom. The number of carbonyl (C=O) groups excluding carboxylic acids is 1. The lowest BCUT2D eigenvalue weighted by molar-refractivity contribution is 0.104. The predicted octanol–water partition coefficient (Wildman–Crippen LogP) is 2.69. The van der Waals surface area contributed by atoms with E-state index >= 15 is 0 Å². The van der Waals surface area contributed by atoms with Crippen LogP contribution in [-0.2, 0) is 4.74 Å². The first-order valence-corrected chi connectivity index (χ1v) is 6.85. The molecule has 0 aliphatic carbocycles. The van der Waals surface area contributed by atoms with E-state index in [2.05, 4.69) is 26.0 Å². The van der Waals surface area contributed by atoms with Gasteiger partial charge >= 0.3 is 0 Å². The molecule has 1 atom stereocenters. The Bertz CT molecular complexity index is 588. The van der Waals surface area contributed by atoms with Crippen LogP contribution in [0.3, 0.4) is 0 Å². The Morgan fingerprint density at radius 3 is 3.00 bits per heavy atom. The van der Waals surface area contributed by atoms with Crippen LogP contribution in [0, 0.1) is 0 Å². The molecule has 0 spiro atoms. The number of rotatable bonds is 3. The minimum atomic E-state index is -0.0723. The third kappa shape index (κ3) is 2.46. The lowest BCUT2D eigenvalue weighted by Gasteiger charge is -2.06. The largest absolute Gasteiger partial charge is 0.372 e. The maximum absolute atomic E-state index is 11.1. The third-order valence-corrected chi connectivity index (χ3v) is 3.55. The molecule has 2 aromatic heterocycles. The van der Waals surface area contributed by atoms with E-state index in [1.807, 2.05) is 12.1 Å². The van der Waals surface area contributed by atoms with Gasteiger partial charge in [0.15, 0.2) is 12.1 Å². The number of carbonyl (C=O) groups is 1. The Labute approximate surface area is 118 Å². The second kappa shape index (κ2) is 5.22. The molecule has 1 fully saturated rings. The van der Waals surface area contributed by atoms with Crippen LogP contribution in [0.4, 0.5) is 0 Å². The van der Waals surface area contributed by atoms with Crippen LogP contribution < -0.4 is 0 Å². The Balaban J connectivity index is 1.98. The number of aromatic nitrogens is 3. The average Bonchev–Trinajstić information content (AvgIpc) is 3.08. The van der Waals surface area contributed by atoms with Gasteiger partial charge in [-0.15, -0.1) is 0 Å². The zero-order valence-electron chi connectivity index (χ0n) is 10.1. The molecule has 6 heteroatoms. The molecular weight excluding hydrogens is 310 g/mol. The standard InChI is InChI=1S/C13H12BrN3O2/c14-10-3-4-12(15-6-10)17-7-9(8-18)13(16-17)11-2-1-5-19-11/h3-4,6-8,11H,1-2,5H2. The fourth-order valence-electron chi connectivity index (χ4n) is 2.16. The SMILES string of the molecule is O=Cc1cn(-c2ccc(Br)cn2)nc1C1CCCO1. The van der Waals surface area contributed by atoms with Crippen molar-refractivity contribution in [1.82, 2.24) is 14.8 Å². The molecule has 0 aromatic carbocycles. The second-order valence-electron chi connectivity index (χ2n) is 4.37. The summed E-state index contributed by atoms with van der Waals surface area (Å²) in [5, 5.41) is 4.45. The van der Waals surface area contributed by atoms with Crippen LogP contribution in [0.5, 0.6) is 0 Å². The molecule has 1 aliphatic heterocycles. The molecule has 0 bridgehead atoms. The van der Waals surface area contributed by atoms with E-state index in [0.29, 0.717) is 17.1 Å². The molecule has 3 rings (SSSR count). The van der Waals surface area contributed by atoms with Gasteiger partial charge in [0.1, 0.15) is 11.8 Å². The van der Waals surface area contributed by atoms with Gasteiger partial charge in [0, 0.05) is 23.5 Å². The number of ether oxygens (including phenoxy) is 1. The van der Waals surface area contributed by atoms with Crippen molar-refractivity contribution in [3.05, 3.63) is 40.3 Å². The summed E-state index contributed by atoms with van der Waals surface area (Å²) in [5.41, 5.74) is 1.27. The molecular formula is C13H12BrN3O2. The highest BCUT2D eigenvalue weighted by Crippen LogP contribution is 2.29. The lowest BCUT2D eigenvalue weighted by atomic mass is 10.1. The summed E-state index contributed by atoms with van der Waals surface area (Å²) in [7, 11) is 0. The summed E-state index contributed by atoms with van der Waals surface area (Å²) in [6.07, 6.45) is 6.05. The molecule has 1 unspecified atom stereocenters. The van der Waals surface area contributed by atoms with E-state index in [-0.39, 0.29) is 6.10 Å². The molecule has 0 radical (unpaired) electrons. The van der Waals surface area contributed by atoms with Gasteiger partial charge in [-0.25, -0.2) is 9.67 Å². The van der Waals surface area contributed by atoms with Gasteiger partial charge in [0.05, 0.1) is 5.56 Å². The summed E-state index contributed by atoms with van der Waals surface area (Å²) in [6.45, 7) is 0.729. The summed E-state index contributed by atoms with van der Waals surface area (Å²) >= 11 is 3.34. The van der Waals surface area contributed by atoms with E-state index < -0.39 is 0 Å². The third-order valence-electron chi connectivity index (χ3n) is 3.08. The molecule has 1 aliphatic rings. The summed E-state index contributed by atoms with van der Waals surface area (Å²) in [5.74, 6) is 0.676. The second-order valence-corrected chi connectivity index (χ2v) is 5.28. The maximum Gasteiger partial charge on any atom is 0.153 e. The normalized spacial score (nSPS) is 18.7. The number of nitrogens with zero attached hydrogens (tertiary/aromatic N) is 3. The quantitative estimate of drug-likeness (QED) is 0.815. The van der Waals surface area contributed by atoms with E-state index in [4.69, 9.17) is 4.74 Å². The smallest absolute Gasteiger partial charge is 0.153 e. The van der Waals surface area contributed by atoms with E-state index in [1.165, 1.54) is 0 Å². The summed E-state index contributed by atoms with van der Waals surface area (Å²) in [6, 6.07) is 3.72. The van der Waals surface area contributed by atoms with Crippen LogP contribution >= 0.6 is 15.9 Å². The zero-order valence-corrected chi connectivity index (χ0v) is 11.7. The van der Waals surface area contributed by atoms with Gasteiger partial charge in [0.25, 0.3) is 0 Å². The molecule has 2 aromatic rings. The maximum atomic E-state index is 11.1. The zero-order chi connectivity index (χ0) is 13.2. The monoisotopic (exact) mass is 321 g/mol. The van der Waals surface area contributed by atoms with Gasteiger partial charge < -0.3 is 4.74 Å². The molecule has 0 saturated carbocycles. The number of aldehydes is 1. The van der Waals surface area contributed by atoms with Crippen molar-refractivity contribution >= 4 is 22.2 Å². The van der Waals surface area contributed by atoms with Gasteiger partial charge in [-0.1, -0.05) is 0 Å². The van der Waals surface area contributed by atoms with Crippen molar-refractivity contribution in [3.63, 3.8) is 0 Å². The molecule has 19 heavy (non-hydrogen) atoms. The van der Waals surface area contributed by atoms with Crippen LogP contribution in [0.15, 0.2) is 29.0 Å². The Kier molecular flexibility index (Phi) is 3.44. The van der Waals surface area contributed by atoms with E-state index in [1.54, 1.807) is 17.1 Å². The lowest BCUT2D eigenvalue weighted by Crippen LogP contribution is -2.02. The van der Waals surface area contributed by atoms with Crippen molar-refractivity contribution in [1.29, 1.82) is 0 Å². The first-order chi connectivity index (χ1) is 9.28. The molecule has 3 heterocycles. The van der Waals surface area contributed by atoms with Crippen LogP contribution in [-0.4, -0.2) is 27.7 Å². The summed E-state index contributed by atoms with van der Waals surface area (Å²) < 4.78 is 8.11. The van der Waals surface area contributed by atoms with Gasteiger partial charge in [-0.3, -0.25) is 4.79 Å². The fraction of sp³-hybridized carbons (Fsp3) is 0.308.